The average Bonchev–Trinajstić information content (AvgIpc) is 2.42. The van der Waals surface area contributed by atoms with Gasteiger partial charge in [0.2, 0.25) is 0 Å². The van der Waals surface area contributed by atoms with Gasteiger partial charge in [0.05, 0.1) is 24.8 Å². The van der Waals surface area contributed by atoms with Gasteiger partial charge in [0.25, 0.3) is 5.91 Å². The highest BCUT2D eigenvalue weighted by atomic mass is 16.5. The molecule has 4 nitrogen and oxygen atoms in total. The monoisotopic (exact) mass is 244 g/mol. The van der Waals surface area contributed by atoms with Crippen molar-refractivity contribution in [1.29, 1.82) is 5.26 Å². The van der Waals surface area contributed by atoms with E-state index in [1.807, 2.05) is 6.07 Å². The first-order valence-corrected chi connectivity index (χ1v) is 5.75. The molecule has 94 valence electrons. The van der Waals surface area contributed by atoms with E-state index in [0.717, 1.165) is 6.42 Å². The second kappa shape index (κ2) is 8.04. The Hall–Kier alpha value is -2.12. The Balaban J connectivity index is 2.28. The lowest BCUT2D eigenvalue weighted by molar-refractivity contribution is 0.0918. The molecule has 0 spiro atoms. The molecule has 18 heavy (non-hydrogen) atoms. The van der Waals surface area contributed by atoms with E-state index in [4.69, 9.17) is 10.00 Å². The van der Waals surface area contributed by atoms with Gasteiger partial charge in [0.15, 0.2) is 0 Å². The van der Waals surface area contributed by atoms with E-state index in [9.17, 15) is 4.79 Å². The molecule has 1 N–H and O–H groups in total. The van der Waals surface area contributed by atoms with Gasteiger partial charge in [0.1, 0.15) is 0 Å². The largest absolute Gasteiger partial charge is 0.379 e. The third kappa shape index (κ3) is 4.81. The van der Waals surface area contributed by atoms with Crippen LogP contribution in [-0.2, 0) is 4.74 Å². The Labute approximate surface area is 107 Å². The zero-order valence-corrected chi connectivity index (χ0v) is 10.2. The lowest BCUT2D eigenvalue weighted by Gasteiger charge is -2.05. The summed E-state index contributed by atoms with van der Waals surface area (Å²) < 4.78 is 5.27. The van der Waals surface area contributed by atoms with Gasteiger partial charge in [0, 0.05) is 12.1 Å². The number of hydrogen-bond acceptors (Lipinski definition) is 3. The lowest BCUT2D eigenvalue weighted by atomic mass is 10.1. The molecule has 0 fully saturated rings. The number of hydrogen-bond donors (Lipinski definition) is 1. The van der Waals surface area contributed by atoms with Gasteiger partial charge in [-0.3, -0.25) is 4.79 Å². The van der Waals surface area contributed by atoms with Crippen LogP contribution in [0.15, 0.2) is 36.9 Å². The standard InChI is InChI=1S/C14H16N2O2/c1-2-3-9-18-10-8-16-14(17)13-6-4-12(11-15)5-7-13/h2,4-7H,1,3,8-10H2,(H,16,17). The summed E-state index contributed by atoms with van der Waals surface area (Å²) in [6, 6.07) is 8.51. The van der Waals surface area contributed by atoms with Crippen molar-refractivity contribution in [3.63, 3.8) is 0 Å². The van der Waals surface area contributed by atoms with Crippen LogP contribution in [0.25, 0.3) is 0 Å². The molecular weight excluding hydrogens is 228 g/mol. The van der Waals surface area contributed by atoms with Gasteiger partial charge in [-0.15, -0.1) is 6.58 Å². The van der Waals surface area contributed by atoms with Crippen LogP contribution in [0.1, 0.15) is 22.3 Å². The molecule has 1 aromatic rings. The first-order valence-electron chi connectivity index (χ1n) is 5.75. The van der Waals surface area contributed by atoms with Gasteiger partial charge in [-0.2, -0.15) is 5.26 Å². The zero-order chi connectivity index (χ0) is 13.2. The summed E-state index contributed by atoms with van der Waals surface area (Å²) in [7, 11) is 0. The second-order valence-electron chi connectivity index (χ2n) is 3.63. The highest BCUT2D eigenvalue weighted by molar-refractivity contribution is 5.94. The molecule has 0 radical (unpaired) electrons. The summed E-state index contributed by atoms with van der Waals surface area (Å²) in [4.78, 5) is 11.7. The highest BCUT2D eigenvalue weighted by Crippen LogP contribution is 2.02. The number of benzene rings is 1. The van der Waals surface area contributed by atoms with Crippen molar-refractivity contribution < 1.29 is 9.53 Å². The van der Waals surface area contributed by atoms with Crippen molar-refractivity contribution in [3.8, 4) is 6.07 Å². The van der Waals surface area contributed by atoms with E-state index in [1.54, 1.807) is 30.3 Å². The maximum Gasteiger partial charge on any atom is 0.251 e. The molecule has 0 bridgehead atoms. The Morgan fingerprint density at radius 3 is 2.72 bits per heavy atom. The molecule has 0 aliphatic rings. The predicted octanol–water partition coefficient (Wildman–Crippen LogP) is 1.88. The van der Waals surface area contributed by atoms with Crippen molar-refractivity contribution in [2.24, 2.45) is 0 Å². The van der Waals surface area contributed by atoms with E-state index in [1.165, 1.54) is 0 Å². The minimum absolute atomic E-state index is 0.160. The lowest BCUT2D eigenvalue weighted by Crippen LogP contribution is -2.27. The van der Waals surface area contributed by atoms with Gasteiger partial charge in [-0.25, -0.2) is 0 Å². The molecule has 0 heterocycles. The SMILES string of the molecule is C=CCCOCCNC(=O)c1ccc(C#N)cc1. The van der Waals surface area contributed by atoms with E-state index in [2.05, 4.69) is 11.9 Å². The number of carbonyl (C=O) groups excluding carboxylic acids is 1. The minimum Gasteiger partial charge on any atom is -0.379 e. The number of rotatable bonds is 7. The van der Waals surface area contributed by atoms with Crippen molar-refractivity contribution in [1.82, 2.24) is 5.32 Å². The molecule has 0 aromatic heterocycles. The molecule has 4 heteroatoms. The number of nitrogens with zero attached hydrogens (tertiary/aromatic N) is 1. The number of ether oxygens (including phenoxy) is 1. The quantitative estimate of drug-likeness (QED) is 0.588. The van der Waals surface area contributed by atoms with Crippen LogP contribution in [0.2, 0.25) is 0 Å². The fourth-order valence-corrected chi connectivity index (χ4v) is 1.30. The van der Waals surface area contributed by atoms with Crippen LogP contribution >= 0.6 is 0 Å². The number of nitrogens with one attached hydrogen (secondary N) is 1. The van der Waals surface area contributed by atoms with Crippen LogP contribution in [0.4, 0.5) is 0 Å². The second-order valence-corrected chi connectivity index (χ2v) is 3.63. The molecule has 0 unspecified atom stereocenters. The number of carbonyl (C=O) groups is 1. The fourth-order valence-electron chi connectivity index (χ4n) is 1.30. The minimum atomic E-state index is -0.160. The summed E-state index contributed by atoms with van der Waals surface area (Å²) >= 11 is 0. The first-order chi connectivity index (χ1) is 8.77. The average molecular weight is 244 g/mol. The van der Waals surface area contributed by atoms with E-state index < -0.39 is 0 Å². The molecule has 0 saturated carbocycles. The van der Waals surface area contributed by atoms with E-state index in [0.29, 0.717) is 30.9 Å². The molecule has 0 atom stereocenters. The van der Waals surface area contributed by atoms with Crippen LogP contribution in [-0.4, -0.2) is 25.7 Å². The Morgan fingerprint density at radius 1 is 1.39 bits per heavy atom. The van der Waals surface area contributed by atoms with Crippen molar-refractivity contribution in [3.05, 3.63) is 48.0 Å². The fraction of sp³-hybridized carbons (Fsp3) is 0.286. The number of amides is 1. The molecule has 0 aliphatic carbocycles. The first kappa shape index (κ1) is 13.9. The van der Waals surface area contributed by atoms with E-state index >= 15 is 0 Å². The van der Waals surface area contributed by atoms with Crippen LogP contribution in [0.3, 0.4) is 0 Å². The molecule has 0 aliphatic heterocycles. The summed E-state index contributed by atoms with van der Waals surface area (Å²) in [6.07, 6.45) is 2.60. The van der Waals surface area contributed by atoms with Crippen LogP contribution in [0.5, 0.6) is 0 Å². The Morgan fingerprint density at radius 2 is 2.11 bits per heavy atom. The summed E-state index contributed by atoms with van der Waals surface area (Å²) in [6.45, 7) is 5.16. The van der Waals surface area contributed by atoms with Crippen molar-refractivity contribution in [2.75, 3.05) is 19.8 Å². The smallest absolute Gasteiger partial charge is 0.251 e. The zero-order valence-electron chi connectivity index (χ0n) is 10.2. The normalized spacial score (nSPS) is 9.50. The maximum absolute atomic E-state index is 11.7. The van der Waals surface area contributed by atoms with Gasteiger partial charge in [-0.05, 0) is 30.7 Å². The third-order valence-corrected chi connectivity index (χ3v) is 2.27. The van der Waals surface area contributed by atoms with Crippen molar-refractivity contribution in [2.45, 2.75) is 6.42 Å². The van der Waals surface area contributed by atoms with Gasteiger partial charge >= 0.3 is 0 Å². The summed E-state index contributed by atoms with van der Waals surface area (Å²) in [5.74, 6) is -0.160. The molecule has 1 amide bonds. The van der Waals surface area contributed by atoms with Crippen molar-refractivity contribution >= 4 is 5.91 Å². The highest BCUT2D eigenvalue weighted by Gasteiger charge is 2.03. The molecule has 1 rings (SSSR count). The Kier molecular flexibility index (Phi) is 6.23. The van der Waals surface area contributed by atoms with Crippen LogP contribution < -0.4 is 5.32 Å². The van der Waals surface area contributed by atoms with Crippen LogP contribution in [0, 0.1) is 11.3 Å². The van der Waals surface area contributed by atoms with E-state index in [-0.39, 0.29) is 5.91 Å². The third-order valence-electron chi connectivity index (χ3n) is 2.27. The predicted molar refractivity (Wildman–Crippen MR) is 69.1 cm³/mol. The molecule has 0 saturated heterocycles. The Bertz CT molecular complexity index is 432. The maximum atomic E-state index is 11.7. The van der Waals surface area contributed by atoms with Gasteiger partial charge in [-0.1, -0.05) is 6.08 Å². The summed E-state index contributed by atoms with van der Waals surface area (Å²) in [5.41, 5.74) is 1.08. The molecule has 1 aromatic carbocycles. The summed E-state index contributed by atoms with van der Waals surface area (Å²) in [5, 5.41) is 11.4. The molecular formula is C14H16N2O2. The topological polar surface area (TPSA) is 62.1 Å². The van der Waals surface area contributed by atoms with Gasteiger partial charge < -0.3 is 10.1 Å². The number of nitriles is 1.